The molecule has 0 fully saturated rings. The first kappa shape index (κ1) is 14.7. The number of oxime groups is 1. The van der Waals surface area contributed by atoms with Gasteiger partial charge in [0.2, 0.25) is 0 Å². The molecule has 0 saturated carbocycles. The predicted molar refractivity (Wildman–Crippen MR) is 78.6 cm³/mol. The number of carbonyl (C=O) groups is 1. The van der Waals surface area contributed by atoms with E-state index in [-0.39, 0.29) is 18.3 Å². The first-order valence-electron chi connectivity index (χ1n) is 6.39. The van der Waals surface area contributed by atoms with E-state index in [4.69, 9.17) is 0 Å². The Bertz CT molecular complexity index is 639. The Kier molecular flexibility index (Phi) is 5.04. The van der Waals surface area contributed by atoms with Gasteiger partial charge in [-0.15, -0.1) is 0 Å². The fourth-order valence-electron chi connectivity index (χ4n) is 1.75. The van der Waals surface area contributed by atoms with Crippen LogP contribution in [-0.4, -0.2) is 19.2 Å². The van der Waals surface area contributed by atoms with Crippen molar-refractivity contribution in [3.8, 4) is 0 Å². The third kappa shape index (κ3) is 4.14. The topological polar surface area (TPSA) is 50.7 Å². The van der Waals surface area contributed by atoms with Gasteiger partial charge < -0.3 is 10.2 Å². The summed E-state index contributed by atoms with van der Waals surface area (Å²) in [7, 11) is 1.46. The molecular formula is C16H15FN2O2. The van der Waals surface area contributed by atoms with E-state index >= 15 is 0 Å². The molecule has 108 valence electrons. The lowest BCUT2D eigenvalue weighted by Gasteiger charge is -2.06. The van der Waals surface area contributed by atoms with Crippen molar-refractivity contribution in [2.75, 3.05) is 7.11 Å². The van der Waals surface area contributed by atoms with Crippen molar-refractivity contribution in [2.45, 2.75) is 6.54 Å². The molecule has 0 aliphatic heterocycles. The maximum atomic E-state index is 13.4. The zero-order chi connectivity index (χ0) is 15.1. The average molecular weight is 286 g/mol. The second kappa shape index (κ2) is 7.19. The molecule has 2 rings (SSSR count). The van der Waals surface area contributed by atoms with Gasteiger partial charge in [-0.3, -0.25) is 4.79 Å². The van der Waals surface area contributed by atoms with Crippen molar-refractivity contribution in [3.05, 3.63) is 71.0 Å². The number of halogens is 1. The molecule has 5 heteroatoms. The Labute approximate surface area is 122 Å². The molecule has 0 aliphatic carbocycles. The molecule has 0 bridgehead atoms. The van der Waals surface area contributed by atoms with Crippen molar-refractivity contribution in [1.82, 2.24) is 5.32 Å². The summed E-state index contributed by atoms with van der Waals surface area (Å²) in [6.45, 7) is 0.151. The van der Waals surface area contributed by atoms with Gasteiger partial charge in [0, 0.05) is 17.7 Å². The number of hydrogen-bond donors (Lipinski definition) is 1. The molecule has 2 aromatic carbocycles. The molecule has 2 aromatic rings. The van der Waals surface area contributed by atoms with E-state index in [2.05, 4.69) is 15.3 Å². The first-order valence-corrected chi connectivity index (χ1v) is 6.39. The molecule has 0 spiro atoms. The Hall–Kier alpha value is -2.69. The Morgan fingerprint density at radius 1 is 1.24 bits per heavy atom. The number of amides is 1. The van der Waals surface area contributed by atoms with Crippen LogP contribution in [0.25, 0.3) is 0 Å². The summed E-state index contributed by atoms with van der Waals surface area (Å²) in [6.07, 6.45) is 1.54. The minimum Gasteiger partial charge on any atom is -0.399 e. The van der Waals surface area contributed by atoms with Gasteiger partial charge in [-0.25, -0.2) is 4.39 Å². The minimum atomic E-state index is -0.330. The van der Waals surface area contributed by atoms with E-state index in [9.17, 15) is 9.18 Å². The van der Waals surface area contributed by atoms with Crippen molar-refractivity contribution in [3.63, 3.8) is 0 Å². The fraction of sp³-hybridized carbons (Fsp3) is 0.125. The Balaban J connectivity index is 1.97. The molecule has 0 unspecified atom stereocenters. The molecule has 21 heavy (non-hydrogen) atoms. The number of benzene rings is 2. The second-order valence-electron chi connectivity index (χ2n) is 4.31. The van der Waals surface area contributed by atoms with Crippen molar-refractivity contribution >= 4 is 12.1 Å². The van der Waals surface area contributed by atoms with Gasteiger partial charge in [0.05, 0.1) is 6.21 Å². The van der Waals surface area contributed by atoms with E-state index in [1.807, 2.05) is 0 Å². The maximum absolute atomic E-state index is 13.4. The SMILES string of the molecule is CO/N=C/c1ccc(C(=O)NCc2ccccc2F)cc1. The number of rotatable bonds is 5. The maximum Gasteiger partial charge on any atom is 0.251 e. The molecule has 1 amide bonds. The van der Waals surface area contributed by atoms with Crippen LogP contribution in [0.3, 0.4) is 0 Å². The normalized spacial score (nSPS) is 10.6. The van der Waals surface area contributed by atoms with Crippen LogP contribution in [0.5, 0.6) is 0 Å². The molecule has 4 nitrogen and oxygen atoms in total. The summed E-state index contributed by atoms with van der Waals surface area (Å²) in [4.78, 5) is 16.5. The van der Waals surface area contributed by atoms with Crippen LogP contribution in [0.15, 0.2) is 53.7 Å². The quantitative estimate of drug-likeness (QED) is 0.678. The van der Waals surface area contributed by atoms with E-state index in [0.29, 0.717) is 11.1 Å². The molecule has 1 N–H and O–H groups in total. The highest BCUT2D eigenvalue weighted by molar-refractivity contribution is 5.94. The van der Waals surface area contributed by atoms with Gasteiger partial charge in [0.15, 0.2) is 0 Å². The number of nitrogens with zero attached hydrogens (tertiary/aromatic N) is 1. The lowest BCUT2D eigenvalue weighted by Crippen LogP contribution is -2.23. The summed E-state index contributed by atoms with van der Waals surface area (Å²) < 4.78 is 13.4. The molecule has 0 aromatic heterocycles. The van der Waals surface area contributed by atoms with Gasteiger partial charge in [-0.1, -0.05) is 35.5 Å². The molecule has 0 atom stereocenters. The van der Waals surface area contributed by atoms with Crippen LogP contribution in [0.1, 0.15) is 21.5 Å². The highest BCUT2D eigenvalue weighted by atomic mass is 19.1. The van der Waals surface area contributed by atoms with Crippen LogP contribution in [0, 0.1) is 5.82 Å². The average Bonchev–Trinajstić information content (AvgIpc) is 2.52. The van der Waals surface area contributed by atoms with E-state index in [1.165, 1.54) is 13.2 Å². The Morgan fingerprint density at radius 2 is 1.95 bits per heavy atom. The van der Waals surface area contributed by atoms with E-state index in [1.54, 1.807) is 48.7 Å². The summed E-state index contributed by atoms with van der Waals surface area (Å²) in [5.41, 5.74) is 1.78. The predicted octanol–water partition coefficient (Wildman–Crippen LogP) is 2.74. The highest BCUT2D eigenvalue weighted by Crippen LogP contribution is 2.07. The molecule has 0 aliphatic rings. The van der Waals surface area contributed by atoms with Crippen LogP contribution in [-0.2, 0) is 11.4 Å². The Morgan fingerprint density at radius 3 is 2.62 bits per heavy atom. The van der Waals surface area contributed by atoms with Crippen molar-refractivity contribution in [1.29, 1.82) is 0 Å². The van der Waals surface area contributed by atoms with Crippen LogP contribution in [0.2, 0.25) is 0 Å². The smallest absolute Gasteiger partial charge is 0.251 e. The molecule has 0 saturated heterocycles. The zero-order valence-corrected chi connectivity index (χ0v) is 11.5. The molecule has 0 heterocycles. The zero-order valence-electron chi connectivity index (χ0n) is 11.5. The third-order valence-corrected chi connectivity index (χ3v) is 2.88. The monoisotopic (exact) mass is 286 g/mol. The van der Waals surface area contributed by atoms with Crippen LogP contribution in [0.4, 0.5) is 4.39 Å². The van der Waals surface area contributed by atoms with E-state index in [0.717, 1.165) is 5.56 Å². The lowest BCUT2D eigenvalue weighted by atomic mass is 10.1. The first-order chi connectivity index (χ1) is 10.2. The van der Waals surface area contributed by atoms with Gasteiger partial charge in [-0.05, 0) is 23.8 Å². The summed E-state index contributed by atoms with van der Waals surface area (Å²) >= 11 is 0. The van der Waals surface area contributed by atoms with E-state index < -0.39 is 0 Å². The fourth-order valence-corrected chi connectivity index (χ4v) is 1.75. The molecular weight excluding hydrogens is 271 g/mol. The van der Waals surface area contributed by atoms with Gasteiger partial charge >= 0.3 is 0 Å². The van der Waals surface area contributed by atoms with Crippen LogP contribution < -0.4 is 5.32 Å². The summed E-state index contributed by atoms with van der Waals surface area (Å²) in [5, 5.41) is 6.32. The number of nitrogens with one attached hydrogen (secondary N) is 1. The van der Waals surface area contributed by atoms with Crippen molar-refractivity contribution in [2.24, 2.45) is 5.16 Å². The minimum absolute atomic E-state index is 0.151. The summed E-state index contributed by atoms with van der Waals surface area (Å²) in [5.74, 6) is -0.586. The largest absolute Gasteiger partial charge is 0.399 e. The van der Waals surface area contributed by atoms with Gasteiger partial charge in [0.25, 0.3) is 5.91 Å². The van der Waals surface area contributed by atoms with Crippen LogP contribution >= 0.6 is 0 Å². The number of hydrogen-bond acceptors (Lipinski definition) is 3. The third-order valence-electron chi connectivity index (χ3n) is 2.88. The second-order valence-corrected chi connectivity index (χ2v) is 4.31. The molecule has 0 radical (unpaired) electrons. The highest BCUT2D eigenvalue weighted by Gasteiger charge is 2.06. The lowest BCUT2D eigenvalue weighted by molar-refractivity contribution is 0.0950. The summed E-state index contributed by atoms with van der Waals surface area (Å²) in [6, 6.07) is 13.2. The van der Waals surface area contributed by atoms with Gasteiger partial charge in [0.1, 0.15) is 12.9 Å². The van der Waals surface area contributed by atoms with Crippen molar-refractivity contribution < 1.29 is 14.0 Å². The number of carbonyl (C=O) groups excluding carboxylic acids is 1. The van der Waals surface area contributed by atoms with Gasteiger partial charge in [-0.2, -0.15) is 0 Å². The standard InChI is InChI=1S/C16H15FN2O2/c1-21-19-10-12-6-8-13(9-7-12)16(20)18-11-14-4-2-3-5-15(14)17/h2-10H,11H2,1H3,(H,18,20)/b19-10+.